The van der Waals surface area contributed by atoms with Crippen molar-refractivity contribution >= 4 is 33.1 Å². The molecule has 6 nitrogen and oxygen atoms in total. The van der Waals surface area contributed by atoms with Gasteiger partial charge in [0.15, 0.2) is 0 Å². The van der Waals surface area contributed by atoms with E-state index in [1.54, 1.807) is 12.3 Å². The Morgan fingerprint density at radius 2 is 2.29 bits per heavy atom. The lowest BCUT2D eigenvalue weighted by Crippen LogP contribution is -2.40. The number of anilines is 1. The summed E-state index contributed by atoms with van der Waals surface area (Å²) in [7, 11) is 0. The molecule has 3 N–H and O–H groups in total. The first kappa shape index (κ1) is 14.2. The predicted octanol–water partition coefficient (Wildman–Crippen LogP) is 1.49. The fourth-order valence-corrected chi connectivity index (χ4v) is 3.63. The summed E-state index contributed by atoms with van der Waals surface area (Å²) in [6, 6.07) is 2.14. The average Bonchev–Trinajstić information content (AvgIpc) is 3.13. The number of aromatic nitrogens is 2. The van der Waals surface area contributed by atoms with Crippen molar-refractivity contribution in [2.45, 2.75) is 25.8 Å². The molecule has 3 heterocycles. The normalized spacial score (nSPS) is 17.2. The van der Waals surface area contributed by atoms with Crippen LogP contribution in [-0.4, -0.2) is 46.7 Å². The molecule has 0 aliphatic carbocycles. The molecule has 7 heteroatoms. The Hall–Kier alpha value is -1.73. The second-order valence-corrected chi connectivity index (χ2v) is 6.40. The van der Waals surface area contributed by atoms with Gasteiger partial charge in [-0.1, -0.05) is 0 Å². The molecule has 1 unspecified atom stereocenters. The van der Waals surface area contributed by atoms with Crippen LogP contribution in [0.3, 0.4) is 0 Å². The number of amides is 1. The maximum atomic E-state index is 12.3. The van der Waals surface area contributed by atoms with Gasteiger partial charge in [-0.15, -0.1) is 16.4 Å². The van der Waals surface area contributed by atoms with Gasteiger partial charge < -0.3 is 11.1 Å². The molecule has 0 bridgehead atoms. The van der Waals surface area contributed by atoms with Crippen LogP contribution in [0.1, 0.15) is 29.4 Å². The Labute approximate surface area is 127 Å². The van der Waals surface area contributed by atoms with Crippen molar-refractivity contribution in [3.63, 3.8) is 0 Å². The van der Waals surface area contributed by atoms with Gasteiger partial charge in [0.1, 0.15) is 9.71 Å². The van der Waals surface area contributed by atoms with Gasteiger partial charge in [0.25, 0.3) is 5.91 Å². The zero-order valence-corrected chi connectivity index (χ0v) is 12.8. The zero-order valence-electron chi connectivity index (χ0n) is 12.0. The van der Waals surface area contributed by atoms with Gasteiger partial charge >= 0.3 is 0 Å². The number of hydrogen-bond donors (Lipinski definition) is 2. The Morgan fingerprint density at radius 1 is 1.52 bits per heavy atom. The second kappa shape index (κ2) is 5.95. The molecule has 112 valence electrons. The zero-order chi connectivity index (χ0) is 14.8. The molecule has 1 atom stereocenters. The van der Waals surface area contributed by atoms with Crippen LogP contribution < -0.4 is 11.1 Å². The third kappa shape index (κ3) is 2.84. The first-order valence-electron chi connectivity index (χ1n) is 7.18. The van der Waals surface area contributed by atoms with Crippen LogP contribution in [0.5, 0.6) is 0 Å². The van der Waals surface area contributed by atoms with Crippen LogP contribution in [0.15, 0.2) is 12.3 Å². The highest BCUT2D eigenvalue weighted by atomic mass is 32.1. The van der Waals surface area contributed by atoms with E-state index >= 15 is 0 Å². The largest absolute Gasteiger partial charge is 0.397 e. The lowest BCUT2D eigenvalue weighted by molar-refractivity contribution is 0.0945. The monoisotopic (exact) mass is 305 g/mol. The number of nitrogen functional groups attached to an aromatic ring is 1. The van der Waals surface area contributed by atoms with Gasteiger partial charge in [0.2, 0.25) is 0 Å². The van der Waals surface area contributed by atoms with Crippen molar-refractivity contribution in [2.75, 3.05) is 25.4 Å². The minimum absolute atomic E-state index is 0.124. The van der Waals surface area contributed by atoms with Crippen LogP contribution >= 0.6 is 11.3 Å². The highest BCUT2D eigenvalue weighted by molar-refractivity contribution is 7.21. The highest BCUT2D eigenvalue weighted by Gasteiger charge is 2.21. The number of nitrogens with two attached hydrogens (primary N) is 1. The van der Waals surface area contributed by atoms with Crippen molar-refractivity contribution in [3.05, 3.63) is 17.1 Å². The third-order valence-corrected chi connectivity index (χ3v) is 5.05. The minimum atomic E-state index is -0.124. The standard InChI is InChI=1S/C14H19N5OS/c1-9(19-6-2-3-7-19)8-16-13(20)12-11(15)10-4-5-17-18-14(10)21-12/h4-5,9H,2-3,6-8,15H2,1H3,(H,16,20). The molecular formula is C14H19N5OS. The van der Waals surface area contributed by atoms with Crippen molar-refractivity contribution in [3.8, 4) is 0 Å². The van der Waals surface area contributed by atoms with E-state index < -0.39 is 0 Å². The first-order chi connectivity index (χ1) is 10.2. The summed E-state index contributed by atoms with van der Waals surface area (Å²) in [5.41, 5.74) is 6.54. The number of hydrogen-bond acceptors (Lipinski definition) is 6. The topological polar surface area (TPSA) is 84.1 Å². The number of nitrogens with one attached hydrogen (secondary N) is 1. The number of thiophene rings is 1. The minimum Gasteiger partial charge on any atom is -0.397 e. The molecule has 1 saturated heterocycles. The Kier molecular flexibility index (Phi) is 4.03. The summed E-state index contributed by atoms with van der Waals surface area (Å²) in [6.45, 7) is 5.03. The van der Waals surface area contributed by atoms with E-state index in [9.17, 15) is 4.79 Å². The predicted molar refractivity (Wildman–Crippen MR) is 84.4 cm³/mol. The molecule has 0 aromatic carbocycles. The fourth-order valence-electron chi connectivity index (χ4n) is 2.67. The SMILES string of the molecule is CC(CNC(=O)c1sc2nnccc2c1N)N1CCCC1. The number of nitrogens with zero attached hydrogens (tertiary/aromatic N) is 3. The van der Waals surface area contributed by atoms with E-state index in [0.29, 0.717) is 28.0 Å². The Balaban J connectivity index is 1.68. The van der Waals surface area contributed by atoms with Gasteiger partial charge in [-0.2, -0.15) is 5.10 Å². The summed E-state index contributed by atoms with van der Waals surface area (Å²) in [5.74, 6) is -0.124. The molecule has 1 aliphatic heterocycles. The maximum Gasteiger partial charge on any atom is 0.263 e. The van der Waals surface area contributed by atoms with Crippen LogP contribution in [0.4, 0.5) is 5.69 Å². The van der Waals surface area contributed by atoms with Crippen molar-refractivity contribution in [1.29, 1.82) is 0 Å². The molecule has 21 heavy (non-hydrogen) atoms. The van der Waals surface area contributed by atoms with E-state index in [2.05, 4.69) is 27.3 Å². The number of carbonyl (C=O) groups is 1. The summed E-state index contributed by atoms with van der Waals surface area (Å²) in [4.78, 5) is 15.9. The molecule has 1 aliphatic rings. The van der Waals surface area contributed by atoms with E-state index in [0.717, 1.165) is 18.5 Å². The number of carbonyl (C=O) groups excluding carboxylic acids is 1. The van der Waals surface area contributed by atoms with Crippen molar-refractivity contribution < 1.29 is 4.79 Å². The summed E-state index contributed by atoms with van der Waals surface area (Å²) in [5, 5.41) is 11.6. The van der Waals surface area contributed by atoms with Crippen molar-refractivity contribution in [1.82, 2.24) is 20.4 Å². The van der Waals surface area contributed by atoms with Gasteiger partial charge in [-0.05, 0) is 38.9 Å². The maximum absolute atomic E-state index is 12.3. The van der Waals surface area contributed by atoms with Crippen LogP contribution in [0, 0.1) is 0 Å². The summed E-state index contributed by atoms with van der Waals surface area (Å²) in [6.07, 6.45) is 4.09. The number of likely N-dealkylation sites (tertiary alicyclic amines) is 1. The Bertz CT molecular complexity index is 650. The molecular weight excluding hydrogens is 286 g/mol. The summed E-state index contributed by atoms with van der Waals surface area (Å²) >= 11 is 1.29. The smallest absolute Gasteiger partial charge is 0.263 e. The molecule has 1 fully saturated rings. The van der Waals surface area contributed by atoms with Crippen LogP contribution in [-0.2, 0) is 0 Å². The van der Waals surface area contributed by atoms with Crippen LogP contribution in [0.2, 0.25) is 0 Å². The molecule has 0 radical (unpaired) electrons. The number of rotatable bonds is 4. The molecule has 2 aromatic rings. The van der Waals surface area contributed by atoms with E-state index in [1.807, 2.05) is 0 Å². The molecule has 1 amide bonds. The summed E-state index contributed by atoms with van der Waals surface area (Å²) < 4.78 is 0. The van der Waals surface area contributed by atoms with E-state index in [4.69, 9.17) is 5.73 Å². The number of fused-ring (bicyclic) bond motifs is 1. The van der Waals surface area contributed by atoms with Crippen molar-refractivity contribution in [2.24, 2.45) is 0 Å². The molecule has 2 aromatic heterocycles. The van der Waals surface area contributed by atoms with E-state index in [1.165, 1.54) is 24.2 Å². The van der Waals surface area contributed by atoms with Crippen LogP contribution in [0.25, 0.3) is 10.2 Å². The lowest BCUT2D eigenvalue weighted by Gasteiger charge is -2.23. The molecule has 0 saturated carbocycles. The molecule has 3 rings (SSSR count). The van der Waals surface area contributed by atoms with Gasteiger partial charge in [0.05, 0.1) is 11.9 Å². The highest BCUT2D eigenvalue weighted by Crippen LogP contribution is 2.31. The van der Waals surface area contributed by atoms with E-state index in [-0.39, 0.29) is 5.91 Å². The van der Waals surface area contributed by atoms with Gasteiger partial charge in [-0.3, -0.25) is 9.69 Å². The molecule has 0 spiro atoms. The lowest BCUT2D eigenvalue weighted by atomic mass is 10.2. The van der Waals surface area contributed by atoms with Gasteiger partial charge in [-0.25, -0.2) is 0 Å². The second-order valence-electron chi connectivity index (χ2n) is 5.40. The van der Waals surface area contributed by atoms with Gasteiger partial charge in [0, 0.05) is 18.0 Å². The third-order valence-electron chi connectivity index (χ3n) is 3.95. The fraction of sp³-hybridized carbons (Fsp3) is 0.500. The quantitative estimate of drug-likeness (QED) is 0.894. The Morgan fingerprint density at radius 3 is 3.00 bits per heavy atom. The first-order valence-corrected chi connectivity index (χ1v) is 8.00. The average molecular weight is 305 g/mol.